The lowest BCUT2D eigenvalue weighted by atomic mass is 10.2. The molecule has 0 saturated carbocycles. The number of nitrogens with one attached hydrogen (secondary N) is 1. The number of sulfonamides is 1. The van der Waals surface area contributed by atoms with Gasteiger partial charge in [0.25, 0.3) is 0 Å². The molecule has 0 aliphatic carbocycles. The lowest BCUT2D eigenvalue weighted by Crippen LogP contribution is -2.37. The lowest BCUT2D eigenvalue weighted by Gasteiger charge is -2.23. The molecule has 0 saturated heterocycles. The zero-order chi connectivity index (χ0) is 24.2. The van der Waals surface area contributed by atoms with Crippen LogP contribution in [0.1, 0.15) is 16.7 Å². The SMILES string of the molecule is Cc1cccc(S(=O)(=O)N(CC(=O)Nc2cccc(C(F)(F)F)c2)Cc2ccccc2Cl)c1. The summed E-state index contributed by atoms with van der Waals surface area (Å²) in [5.74, 6) is -0.794. The van der Waals surface area contributed by atoms with Crippen molar-refractivity contribution in [1.29, 1.82) is 0 Å². The second-order valence-electron chi connectivity index (χ2n) is 7.31. The van der Waals surface area contributed by atoms with Crippen LogP contribution >= 0.6 is 11.6 Å². The van der Waals surface area contributed by atoms with Gasteiger partial charge in [0.05, 0.1) is 17.0 Å². The van der Waals surface area contributed by atoms with E-state index in [0.717, 1.165) is 22.5 Å². The van der Waals surface area contributed by atoms with Gasteiger partial charge in [0.15, 0.2) is 0 Å². The molecule has 0 aliphatic rings. The van der Waals surface area contributed by atoms with Crippen molar-refractivity contribution >= 4 is 33.2 Å². The molecular formula is C23H20ClF3N2O3S. The van der Waals surface area contributed by atoms with Crippen molar-refractivity contribution in [3.05, 3.63) is 94.5 Å². The molecule has 3 aromatic carbocycles. The van der Waals surface area contributed by atoms with Gasteiger partial charge in [0.1, 0.15) is 0 Å². The summed E-state index contributed by atoms with van der Waals surface area (Å²) in [7, 11) is -4.12. The van der Waals surface area contributed by atoms with E-state index in [1.165, 1.54) is 18.2 Å². The molecule has 5 nitrogen and oxygen atoms in total. The smallest absolute Gasteiger partial charge is 0.325 e. The van der Waals surface area contributed by atoms with Crippen molar-refractivity contribution in [2.75, 3.05) is 11.9 Å². The molecule has 3 aromatic rings. The van der Waals surface area contributed by atoms with Crippen LogP contribution in [-0.4, -0.2) is 25.2 Å². The van der Waals surface area contributed by atoms with Crippen LogP contribution < -0.4 is 5.32 Å². The van der Waals surface area contributed by atoms with E-state index in [4.69, 9.17) is 11.6 Å². The third kappa shape index (κ3) is 6.34. The highest BCUT2D eigenvalue weighted by Gasteiger charge is 2.31. The largest absolute Gasteiger partial charge is 0.416 e. The van der Waals surface area contributed by atoms with Gasteiger partial charge in [0, 0.05) is 17.3 Å². The number of carbonyl (C=O) groups is 1. The van der Waals surface area contributed by atoms with E-state index in [9.17, 15) is 26.4 Å². The minimum Gasteiger partial charge on any atom is -0.325 e. The number of benzene rings is 3. The highest BCUT2D eigenvalue weighted by Crippen LogP contribution is 2.30. The average molecular weight is 497 g/mol. The number of rotatable bonds is 7. The first-order chi connectivity index (χ1) is 15.5. The zero-order valence-corrected chi connectivity index (χ0v) is 19.0. The molecule has 1 amide bonds. The van der Waals surface area contributed by atoms with Crippen LogP contribution in [0.2, 0.25) is 5.02 Å². The highest BCUT2D eigenvalue weighted by molar-refractivity contribution is 7.89. The maximum absolute atomic E-state index is 13.3. The summed E-state index contributed by atoms with van der Waals surface area (Å²) < 4.78 is 66.5. The zero-order valence-electron chi connectivity index (χ0n) is 17.4. The van der Waals surface area contributed by atoms with Gasteiger partial charge < -0.3 is 5.32 Å². The van der Waals surface area contributed by atoms with E-state index in [0.29, 0.717) is 16.1 Å². The summed E-state index contributed by atoms with van der Waals surface area (Å²) in [5, 5.41) is 2.66. The average Bonchev–Trinajstić information content (AvgIpc) is 2.74. The molecule has 0 fully saturated rings. The fourth-order valence-corrected chi connectivity index (χ4v) is 4.78. The molecule has 0 atom stereocenters. The summed E-state index contributed by atoms with van der Waals surface area (Å²) >= 11 is 6.19. The second-order valence-corrected chi connectivity index (χ2v) is 9.65. The van der Waals surface area contributed by atoms with E-state index < -0.39 is 34.2 Å². The molecule has 0 aliphatic heterocycles. The predicted molar refractivity (Wildman–Crippen MR) is 120 cm³/mol. The first kappa shape index (κ1) is 24.8. The number of aryl methyl sites for hydroxylation is 1. The predicted octanol–water partition coefficient (Wildman–Crippen LogP) is 5.50. The van der Waals surface area contributed by atoms with Gasteiger partial charge in [-0.05, 0) is 54.4 Å². The fraction of sp³-hybridized carbons (Fsp3) is 0.174. The monoisotopic (exact) mass is 496 g/mol. The summed E-state index contributed by atoms with van der Waals surface area (Å²) in [6, 6.07) is 16.9. The molecule has 0 radical (unpaired) electrons. The molecule has 33 heavy (non-hydrogen) atoms. The van der Waals surface area contributed by atoms with E-state index in [1.54, 1.807) is 43.3 Å². The van der Waals surface area contributed by atoms with Crippen LogP contribution in [0, 0.1) is 6.92 Å². The van der Waals surface area contributed by atoms with E-state index in [1.807, 2.05) is 0 Å². The van der Waals surface area contributed by atoms with Crippen LogP contribution in [0.4, 0.5) is 18.9 Å². The summed E-state index contributed by atoms with van der Waals surface area (Å²) in [5.41, 5.74) is 0.158. The molecule has 174 valence electrons. The summed E-state index contributed by atoms with van der Waals surface area (Å²) in [4.78, 5) is 12.7. The van der Waals surface area contributed by atoms with Gasteiger partial charge in [-0.25, -0.2) is 8.42 Å². The number of nitrogens with zero attached hydrogens (tertiary/aromatic N) is 1. The normalized spacial score (nSPS) is 12.1. The Bertz CT molecular complexity index is 1260. The van der Waals surface area contributed by atoms with Crippen molar-refractivity contribution in [2.45, 2.75) is 24.5 Å². The second kappa shape index (κ2) is 9.94. The van der Waals surface area contributed by atoms with Crippen LogP contribution in [-0.2, 0) is 27.5 Å². The first-order valence-electron chi connectivity index (χ1n) is 9.74. The number of hydrogen-bond acceptors (Lipinski definition) is 3. The van der Waals surface area contributed by atoms with Gasteiger partial charge >= 0.3 is 6.18 Å². The summed E-state index contributed by atoms with van der Waals surface area (Å²) in [6.07, 6.45) is -4.58. The quantitative estimate of drug-likeness (QED) is 0.470. The fourth-order valence-electron chi connectivity index (χ4n) is 3.10. The molecule has 3 rings (SSSR count). The minimum atomic E-state index is -4.58. The van der Waals surface area contributed by atoms with Crippen LogP contribution in [0.5, 0.6) is 0 Å². The number of halogens is 4. The van der Waals surface area contributed by atoms with E-state index in [2.05, 4.69) is 5.32 Å². The molecule has 0 aromatic heterocycles. The Morgan fingerprint density at radius 2 is 1.70 bits per heavy atom. The lowest BCUT2D eigenvalue weighted by molar-refractivity contribution is -0.137. The molecule has 0 spiro atoms. The Hall–Kier alpha value is -2.88. The van der Waals surface area contributed by atoms with E-state index in [-0.39, 0.29) is 17.1 Å². The standard InChI is InChI=1S/C23H20ClF3N2O3S/c1-16-6-4-10-20(12-16)33(31,32)29(14-17-7-2-3-11-21(17)24)15-22(30)28-19-9-5-8-18(13-19)23(25,26)27/h2-13H,14-15H2,1H3,(H,28,30). The molecule has 0 heterocycles. The minimum absolute atomic E-state index is 0.0126. The molecule has 1 N–H and O–H groups in total. The van der Waals surface area contributed by atoms with Crippen molar-refractivity contribution in [1.82, 2.24) is 4.31 Å². The number of alkyl halides is 3. The molecule has 0 bridgehead atoms. The number of hydrogen-bond donors (Lipinski definition) is 1. The Morgan fingerprint density at radius 3 is 2.36 bits per heavy atom. The maximum Gasteiger partial charge on any atom is 0.416 e. The van der Waals surface area contributed by atoms with Crippen LogP contribution in [0.3, 0.4) is 0 Å². The number of anilines is 1. The number of amides is 1. The Morgan fingerprint density at radius 1 is 1.00 bits per heavy atom. The van der Waals surface area contributed by atoms with E-state index >= 15 is 0 Å². The van der Waals surface area contributed by atoms with Gasteiger partial charge in [-0.2, -0.15) is 17.5 Å². The third-order valence-corrected chi connectivity index (χ3v) is 6.88. The highest BCUT2D eigenvalue weighted by atomic mass is 35.5. The first-order valence-corrected chi connectivity index (χ1v) is 11.6. The van der Waals surface area contributed by atoms with Crippen molar-refractivity contribution in [2.24, 2.45) is 0 Å². The van der Waals surface area contributed by atoms with Gasteiger partial charge in [-0.1, -0.05) is 48.0 Å². The van der Waals surface area contributed by atoms with Crippen molar-refractivity contribution in [3.8, 4) is 0 Å². The topological polar surface area (TPSA) is 66.5 Å². The molecule has 0 unspecified atom stereocenters. The van der Waals surface area contributed by atoms with Crippen molar-refractivity contribution in [3.63, 3.8) is 0 Å². The summed E-state index contributed by atoms with van der Waals surface area (Å²) in [6.45, 7) is 0.904. The van der Waals surface area contributed by atoms with Crippen LogP contribution in [0.15, 0.2) is 77.7 Å². The van der Waals surface area contributed by atoms with Crippen LogP contribution in [0.25, 0.3) is 0 Å². The Kier molecular flexibility index (Phi) is 7.46. The van der Waals surface area contributed by atoms with Gasteiger partial charge in [0.2, 0.25) is 15.9 Å². The van der Waals surface area contributed by atoms with Gasteiger partial charge in [-0.15, -0.1) is 0 Å². The molecule has 10 heteroatoms. The Labute approximate surface area is 194 Å². The molecular weight excluding hydrogens is 477 g/mol. The van der Waals surface area contributed by atoms with Gasteiger partial charge in [-0.3, -0.25) is 4.79 Å². The maximum atomic E-state index is 13.3. The third-order valence-electron chi connectivity index (χ3n) is 4.73. The Balaban J connectivity index is 1.90. The van der Waals surface area contributed by atoms with Crippen molar-refractivity contribution < 1.29 is 26.4 Å². The number of carbonyl (C=O) groups excluding carboxylic acids is 1.